The average molecular weight is 515 g/mol. The van der Waals surface area contributed by atoms with Crippen LogP contribution in [0.3, 0.4) is 0 Å². The Morgan fingerprint density at radius 3 is 1.64 bits per heavy atom. The average Bonchev–Trinajstić information content (AvgIpc) is 2.91. The third-order valence-electron chi connectivity index (χ3n) is 5.87. The van der Waals surface area contributed by atoms with Gasteiger partial charge in [0.1, 0.15) is 6.10 Å². The van der Waals surface area contributed by atoms with Crippen molar-refractivity contribution in [1.82, 2.24) is 0 Å². The van der Waals surface area contributed by atoms with E-state index >= 15 is 8.78 Å². The summed E-state index contributed by atoms with van der Waals surface area (Å²) < 4.78 is 67.1. The molecule has 0 radical (unpaired) electrons. The molecule has 36 heavy (non-hydrogen) atoms. The van der Waals surface area contributed by atoms with Crippen LogP contribution in [0.4, 0.5) is 8.78 Å². The number of ether oxygens (including phenoxy) is 1. The van der Waals surface area contributed by atoms with Crippen molar-refractivity contribution in [3.63, 3.8) is 0 Å². The van der Waals surface area contributed by atoms with Gasteiger partial charge in [0, 0.05) is 5.92 Å². The van der Waals surface area contributed by atoms with Gasteiger partial charge < -0.3 is 4.74 Å². The molecule has 3 aromatic rings. The highest BCUT2D eigenvalue weighted by Crippen LogP contribution is 2.55. The molecule has 1 aliphatic carbocycles. The summed E-state index contributed by atoms with van der Waals surface area (Å²) in [6.45, 7) is 1.19. The molecule has 0 saturated heterocycles. The number of allylic oxidation sites excluding steroid dienone is 1. The molecule has 3 atom stereocenters. The second kappa shape index (κ2) is 12.0. The van der Waals surface area contributed by atoms with E-state index in [0.717, 1.165) is 5.56 Å². The standard InChI is InChI=1S/C28H29F2O5P/c1-22-17-18-26(32-19-23-11-5-2-6-12-23)27(28(22,29)30)35-36(31,33-20-24-13-7-3-8-14-24)34-21-25-15-9-4-10-16-25/h2-18,22,26-27H,19-21H2,1H3/t22-,26+,27+/m1/s1. The second-order valence-corrected chi connectivity index (χ2v) is 10.2. The van der Waals surface area contributed by atoms with Gasteiger partial charge >= 0.3 is 7.82 Å². The van der Waals surface area contributed by atoms with Crippen molar-refractivity contribution in [2.45, 2.75) is 44.9 Å². The Morgan fingerprint density at radius 2 is 1.17 bits per heavy atom. The molecule has 3 aromatic carbocycles. The lowest BCUT2D eigenvalue weighted by molar-refractivity contribution is -0.177. The van der Waals surface area contributed by atoms with E-state index in [9.17, 15) is 4.57 Å². The first-order valence-corrected chi connectivity index (χ1v) is 13.2. The molecule has 0 unspecified atom stereocenters. The van der Waals surface area contributed by atoms with Crippen molar-refractivity contribution >= 4 is 7.82 Å². The van der Waals surface area contributed by atoms with Gasteiger partial charge in [-0.25, -0.2) is 13.3 Å². The molecule has 0 amide bonds. The Labute approximate surface area is 210 Å². The molecule has 8 heteroatoms. The summed E-state index contributed by atoms with van der Waals surface area (Å²) in [4.78, 5) is 0. The van der Waals surface area contributed by atoms with Gasteiger partial charge in [-0.2, -0.15) is 0 Å². The summed E-state index contributed by atoms with van der Waals surface area (Å²) in [5.41, 5.74) is 2.21. The zero-order chi connectivity index (χ0) is 25.4. The SMILES string of the molecule is C[C@@H]1C=C[C@H](OCc2ccccc2)[C@H](OP(=O)(OCc2ccccc2)OCc2ccccc2)C1(F)F. The third-order valence-corrected chi connectivity index (χ3v) is 7.24. The van der Waals surface area contributed by atoms with Crippen molar-refractivity contribution in [2.75, 3.05) is 0 Å². The molecule has 190 valence electrons. The van der Waals surface area contributed by atoms with Gasteiger partial charge in [0.15, 0.2) is 6.10 Å². The number of phosphoric acid groups is 1. The third kappa shape index (κ3) is 6.96. The van der Waals surface area contributed by atoms with E-state index < -0.39 is 31.9 Å². The van der Waals surface area contributed by atoms with Crippen molar-refractivity contribution < 1.29 is 31.7 Å². The molecular weight excluding hydrogens is 485 g/mol. The Bertz CT molecular complexity index is 1110. The summed E-state index contributed by atoms with van der Waals surface area (Å²) in [7, 11) is -4.45. The van der Waals surface area contributed by atoms with Crippen molar-refractivity contribution in [3.8, 4) is 0 Å². The van der Waals surface area contributed by atoms with Gasteiger partial charge in [0.25, 0.3) is 5.92 Å². The van der Waals surface area contributed by atoms with Gasteiger partial charge in [-0.3, -0.25) is 13.6 Å². The predicted octanol–water partition coefficient (Wildman–Crippen LogP) is 7.34. The lowest BCUT2D eigenvalue weighted by Crippen LogP contribution is -2.50. The van der Waals surface area contributed by atoms with E-state index in [1.165, 1.54) is 19.1 Å². The van der Waals surface area contributed by atoms with Gasteiger partial charge in [-0.05, 0) is 16.7 Å². The van der Waals surface area contributed by atoms with Crippen LogP contribution in [0.15, 0.2) is 103 Å². The van der Waals surface area contributed by atoms with E-state index in [1.807, 2.05) is 42.5 Å². The minimum absolute atomic E-state index is 0.0835. The van der Waals surface area contributed by atoms with E-state index in [0.29, 0.717) is 11.1 Å². The molecule has 0 N–H and O–H groups in total. The summed E-state index contributed by atoms with van der Waals surface area (Å²) in [5.74, 6) is -4.53. The van der Waals surface area contributed by atoms with Crippen LogP contribution in [0.5, 0.6) is 0 Å². The quantitative estimate of drug-likeness (QED) is 0.198. The van der Waals surface area contributed by atoms with Crippen LogP contribution in [0.2, 0.25) is 0 Å². The maximum atomic E-state index is 15.4. The summed E-state index contributed by atoms with van der Waals surface area (Å²) >= 11 is 0. The molecule has 0 bridgehead atoms. The molecule has 0 aliphatic heterocycles. The Hall–Kier alpha value is -2.67. The van der Waals surface area contributed by atoms with Crippen LogP contribution in [-0.2, 0) is 42.7 Å². The Balaban J connectivity index is 1.55. The maximum Gasteiger partial charge on any atom is 0.476 e. The first-order valence-electron chi connectivity index (χ1n) is 11.7. The van der Waals surface area contributed by atoms with Crippen LogP contribution in [0.1, 0.15) is 23.6 Å². The molecule has 0 fully saturated rings. The molecule has 0 heterocycles. The fourth-order valence-corrected chi connectivity index (χ4v) is 5.07. The van der Waals surface area contributed by atoms with Gasteiger partial charge in [-0.1, -0.05) is 110 Å². The molecular formula is C28H29F2O5P. The predicted molar refractivity (Wildman–Crippen MR) is 133 cm³/mol. The van der Waals surface area contributed by atoms with E-state index in [1.54, 1.807) is 48.5 Å². The fourth-order valence-electron chi connectivity index (χ4n) is 3.72. The normalized spacial score (nSPS) is 21.4. The van der Waals surface area contributed by atoms with Gasteiger partial charge in [0.2, 0.25) is 0 Å². The first-order chi connectivity index (χ1) is 17.4. The smallest absolute Gasteiger partial charge is 0.366 e. The number of halogens is 2. The largest absolute Gasteiger partial charge is 0.476 e. The zero-order valence-electron chi connectivity index (χ0n) is 19.9. The molecule has 0 aromatic heterocycles. The fraction of sp³-hybridized carbons (Fsp3) is 0.286. The number of phosphoric ester groups is 1. The minimum atomic E-state index is -4.45. The highest BCUT2D eigenvalue weighted by atomic mass is 31.2. The maximum absolute atomic E-state index is 15.4. The van der Waals surface area contributed by atoms with Gasteiger partial charge in [-0.15, -0.1) is 0 Å². The van der Waals surface area contributed by atoms with Crippen LogP contribution in [-0.4, -0.2) is 18.1 Å². The molecule has 0 spiro atoms. The first kappa shape index (κ1) is 26.4. The zero-order valence-corrected chi connectivity index (χ0v) is 20.8. The van der Waals surface area contributed by atoms with Crippen LogP contribution < -0.4 is 0 Å². The Morgan fingerprint density at radius 1 is 0.722 bits per heavy atom. The Kier molecular flexibility index (Phi) is 8.83. The lowest BCUT2D eigenvalue weighted by atomic mass is 9.89. The van der Waals surface area contributed by atoms with Gasteiger partial charge in [0.05, 0.1) is 19.8 Å². The lowest BCUT2D eigenvalue weighted by Gasteiger charge is -2.38. The second-order valence-electron chi connectivity index (χ2n) is 8.60. The van der Waals surface area contributed by atoms with Crippen molar-refractivity contribution in [1.29, 1.82) is 0 Å². The van der Waals surface area contributed by atoms with Crippen molar-refractivity contribution in [2.24, 2.45) is 5.92 Å². The summed E-state index contributed by atoms with van der Waals surface area (Å²) in [5, 5.41) is 0. The molecule has 1 aliphatic rings. The highest BCUT2D eigenvalue weighted by molar-refractivity contribution is 7.48. The number of rotatable bonds is 11. The van der Waals surface area contributed by atoms with Crippen LogP contribution >= 0.6 is 7.82 Å². The number of benzene rings is 3. The number of hydrogen-bond donors (Lipinski definition) is 0. The summed E-state index contributed by atoms with van der Waals surface area (Å²) in [6.07, 6.45) is -0.131. The molecule has 5 nitrogen and oxygen atoms in total. The topological polar surface area (TPSA) is 54.0 Å². The molecule has 0 saturated carbocycles. The van der Waals surface area contributed by atoms with Crippen molar-refractivity contribution in [3.05, 3.63) is 120 Å². The van der Waals surface area contributed by atoms with E-state index in [-0.39, 0.29) is 19.8 Å². The van der Waals surface area contributed by atoms with Crippen LogP contribution in [0.25, 0.3) is 0 Å². The van der Waals surface area contributed by atoms with Crippen LogP contribution in [0, 0.1) is 5.92 Å². The molecule has 4 rings (SSSR count). The van der Waals surface area contributed by atoms with E-state index in [4.69, 9.17) is 18.3 Å². The highest BCUT2D eigenvalue weighted by Gasteiger charge is 2.54. The van der Waals surface area contributed by atoms with E-state index in [2.05, 4.69) is 0 Å². The number of alkyl halides is 2. The summed E-state index contributed by atoms with van der Waals surface area (Å²) in [6, 6.07) is 27.1. The monoisotopic (exact) mass is 514 g/mol. The number of hydrogen-bond acceptors (Lipinski definition) is 5. The minimum Gasteiger partial charge on any atom is -0.366 e.